The largest absolute Gasteiger partial charge is 0.633 e. The summed E-state index contributed by atoms with van der Waals surface area (Å²) in [5, 5.41) is 10.9. The first-order chi connectivity index (χ1) is 4.55. The lowest BCUT2D eigenvalue weighted by Gasteiger charge is -2.49. The van der Waals surface area contributed by atoms with E-state index in [-0.39, 0.29) is 16.5 Å². The highest BCUT2D eigenvalue weighted by Crippen LogP contribution is 2.22. The number of rotatable bonds is 1. The number of hydroxylamine groups is 3. The van der Waals surface area contributed by atoms with Crippen LogP contribution in [-0.2, 0) is 9.53 Å². The fourth-order valence-corrected chi connectivity index (χ4v) is 1.19. The summed E-state index contributed by atoms with van der Waals surface area (Å²) in [6, 6.07) is 0. The summed E-state index contributed by atoms with van der Waals surface area (Å²) in [6.45, 7) is 0.735. The van der Waals surface area contributed by atoms with Crippen LogP contribution in [0, 0.1) is 11.1 Å². The lowest BCUT2D eigenvalue weighted by atomic mass is 10.0. The van der Waals surface area contributed by atoms with Gasteiger partial charge in [-0.2, -0.15) is 0 Å². The molecule has 58 valence electrons. The molecule has 0 bridgehead atoms. The molecule has 0 aliphatic carbocycles. The number of ether oxygens (including phenoxy) is 1. The second kappa shape index (κ2) is 2.21. The van der Waals surface area contributed by atoms with Crippen LogP contribution in [0.4, 0.5) is 0 Å². The maximum atomic E-state index is 10.9. The fraction of sp³-hybridized carbons (Fsp3) is 0.833. The van der Waals surface area contributed by atoms with Gasteiger partial charge in [-0.15, -0.1) is 0 Å². The summed E-state index contributed by atoms with van der Waals surface area (Å²) < 4.78 is 4.15. The van der Waals surface area contributed by atoms with Gasteiger partial charge in [-0.1, -0.05) is 0 Å². The van der Waals surface area contributed by atoms with Gasteiger partial charge in [-0.3, -0.25) is 4.79 Å². The van der Waals surface area contributed by atoms with Crippen molar-refractivity contribution in [1.82, 2.24) is 0 Å². The highest BCUT2D eigenvalue weighted by atomic mass is 16.6. The molecule has 0 aromatic rings. The van der Waals surface area contributed by atoms with Gasteiger partial charge in [0.05, 0.1) is 27.2 Å². The Kier molecular flexibility index (Phi) is 1.66. The molecule has 0 unspecified atom stereocenters. The standard InChI is InChI=1S/C6H11NO3/c1-7(9)3-5(4-7)6(8)10-2/h5H,3-4H2,1-2H3. The van der Waals surface area contributed by atoms with Crippen LogP contribution in [0.2, 0.25) is 0 Å². The van der Waals surface area contributed by atoms with Crippen molar-refractivity contribution < 1.29 is 14.2 Å². The molecule has 0 spiro atoms. The lowest BCUT2D eigenvalue weighted by Crippen LogP contribution is -2.59. The molecule has 0 aromatic carbocycles. The van der Waals surface area contributed by atoms with Crippen LogP contribution < -0.4 is 0 Å². The molecule has 1 rings (SSSR count). The third-order valence-corrected chi connectivity index (χ3v) is 1.75. The number of carbonyl (C=O) groups is 1. The monoisotopic (exact) mass is 145 g/mol. The van der Waals surface area contributed by atoms with E-state index >= 15 is 0 Å². The van der Waals surface area contributed by atoms with E-state index in [1.165, 1.54) is 7.11 Å². The Balaban J connectivity index is 2.33. The predicted octanol–water partition coefficient (Wildman–Crippen LogP) is -0.266. The van der Waals surface area contributed by atoms with Gasteiger partial charge in [0.1, 0.15) is 0 Å². The van der Waals surface area contributed by atoms with Crippen LogP contribution >= 0.6 is 0 Å². The molecule has 4 heteroatoms. The van der Waals surface area contributed by atoms with Crippen molar-refractivity contribution in [2.75, 3.05) is 27.2 Å². The third kappa shape index (κ3) is 1.27. The van der Waals surface area contributed by atoms with Crippen molar-refractivity contribution >= 4 is 5.97 Å². The van der Waals surface area contributed by atoms with Crippen molar-refractivity contribution in [3.05, 3.63) is 5.21 Å². The van der Waals surface area contributed by atoms with E-state index in [2.05, 4.69) is 4.74 Å². The summed E-state index contributed by atoms with van der Waals surface area (Å²) >= 11 is 0. The smallest absolute Gasteiger partial charge is 0.320 e. The van der Waals surface area contributed by atoms with Crippen LogP contribution in [0.3, 0.4) is 0 Å². The summed E-state index contributed by atoms with van der Waals surface area (Å²) in [7, 11) is 2.90. The zero-order chi connectivity index (χ0) is 7.78. The second-order valence-corrected chi connectivity index (χ2v) is 2.88. The first kappa shape index (κ1) is 7.50. The maximum absolute atomic E-state index is 10.9. The molecule has 1 aliphatic rings. The lowest BCUT2D eigenvalue weighted by molar-refractivity contribution is -0.907. The van der Waals surface area contributed by atoms with Crippen LogP contribution in [0.15, 0.2) is 0 Å². The van der Waals surface area contributed by atoms with E-state index in [9.17, 15) is 10.0 Å². The van der Waals surface area contributed by atoms with E-state index in [1.807, 2.05) is 0 Å². The minimum Gasteiger partial charge on any atom is -0.633 e. The number of hydrogen-bond donors (Lipinski definition) is 0. The van der Waals surface area contributed by atoms with Crippen molar-refractivity contribution in [3.8, 4) is 0 Å². The number of nitrogens with zero attached hydrogens (tertiary/aromatic N) is 1. The first-order valence-corrected chi connectivity index (χ1v) is 3.18. The Labute approximate surface area is 59.6 Å². The van der Waals surface area contributed by atoms with Gasteiger partial charge in [-0.05, 0) is 0 Å². The topological polar surface area (TPSA) is 49.4 Å². The van der Waals surface area contributed by atoms with Gasteiger partial charge >= 0.3 is 5.97 Å². The van der Waals surface area contributed by atoms with Gasteiger partial charge in [0, 0.05) is 0 Å². The number of hydrogen-bond acceptors (Lipinski definition) is 3. The maximum Gasteiger partial charge on any atom is 0.320 e. The minimum atomic E-state index is -0.306. The van der Waals surface area contributed by atoms with E-state index in [0.717, 1.165) is 0 Å². The van der Waals surface area contributed by atoms with E-state index in [0.29, 0.717) is 13.1 Å². The van der Waals surface area contributed by atoms with Crippen molar-refractivity contribution in [2.45, 2.75) is 0 Å². The van der Waals surface area contributed by atoms with Gasteiger partial charge in [-0.25, -0.2) is 0 Å². The predicted molar refractivity (Wildman–Crippen MR) is 34.8 cm³/mol. The zero-order valence-corrected chi connectivity index (χ0v) is 6.16. The van der Waals surface area contributed by atoms with Gasteiger partial charge < -0.3 is 14.6 Å². The molecule has 1 heterocycles. The minimum absolute atomic E-state index is 0.160. The number of methoxy groups -OCH3 is 1. The molecular weight excluding hydrogens is 134 g/mol. The Morgan fingerprint density at radius 1 is 1.70 bits per heavy atom. The number of esters is 1. The Bertz CT molecular complexity index is 147. The van der Waals surface area contributed by atoms with E-state index in [4.69, 9.17) is 0 Å². The fourth-order valence-electron chi connectivity index (χ4n) is 1.19. The molecule has 4 nitrogen and oxygen atoms in total. The molecule has 0 N–H and O–H groups in total. The Morgan fingerprint density at radius 2 is 2.20 bits per heavy atom. The zero-order valence-electron chi connectivity index (χ0n) is 6.16. The molecule has 0 saturated carbocycles. The molecule has 0 amide bonds. The molecule has 1 saturated heterocycles. The van der Waals surface area contributed by atoms with Gasteiger partial charge in [0.15, 0.2) is 5.92 Å². The highest BCUT2D eigenvalue weighted by Gasteiger charge is 2.39. The van der Waals surface area contributed by atoms with E-state index in [1.54, 1.807) is 7.05 Å². The quantitative estimate of drug-likeness (QED) is 0.290. The van der Waals surface area contributed by atoms with Crippen LogP contribution in [0.5, 0.6) is 0 Å². The number of quaternary nitrogens is 1. The normalized spacial score (nSPS) is 38.5. The molecule has 0 aromatic heterocycles. The van der Waals surface area contributed by atoms with Crippen molar-refractivity contribution in [2.24, 2.45) is 5.92 Å². The first-order valence-electron chi connectivity index (χ1n) is 3.18. The third-order valence-electron chi connectivity index (χ3n) is 1.75. The Hall–Kier alpha value is -0.610. The summed E-state index contributed by atoms with van der Waals surface area (Å²) in [5.74, 6) is -0.418. The average molecular weight is 145 g/mol. The van der Waals surface area contributed by atoms with Gasteiger partial charge in [0.25, 0.3) is 0 Å². The molecular formula is C6H11NO3. The average Bonchev–Trinajstić information content (AvgIpc) is 1.81. The summed E-state index contributed by atoms with van der Waals surface area (Å²) in [5.41, 5.74) is 0. The van der Waals surface area contributed by atoms with Gasteiger partial charge in [0.2, 0.25) is 0 Å². The van der Waals surface area contributed by atoms with Crippen molar-refractivity contribution in [1.29, 1.82) is 0 Å². The van der Waals surface area contributed by atoms with Crippen LogP contribution in [0.25, 0.3) is 0 Å². The SMILES string of the molecule is COC(=O)C1C[N+](C)([O-])C1. The van der Waals surface area contributed by atoms with E-state index < -0.39 is 0 Å². The highest BCUT2D eigenvalue weighted by molar-refractivity contribution is 5.73. The summed E-state index contributed by atoms with van der Waals surface area (Å²) in [4.78, 5) is 10.7. The molecule has 0 radical (unpaired) electrons. The molecule has 10 heavy (non-hydrogen) atoms. The second-order valence-electron chi connectivity index (χ2n) is 2.88. The molecule has 1 aliphatic heterocycles. The summed E-state index contributed by atoms with van der Waals surface area (Å²) in [6.07, 6.45) is 0. The number of likely N-dealkylation sites (tertiary alicyclic amines) is 1. The van der Waals surface area contributed by atoms with Crippen LogP contribution in [0.1, 0.15) is 0 Å². The Morgan fingerprint density at radius 3 is 2.50 bits per heavy atom. The van der Waals surface area contributed by atoms with Crippen LogP contribution in [-0.4, -0.2) is 37.9 Å². The number of carbonyl (C=O) groups excluding carboxylic acids is 1. The van der Waals surface area contributed by atoms with Crippen molar-refractivity contribution in [3.63, 3.8) is 0 Å². The molecule has 1 fully saturated rings. The molecule has 0 atom stereocenters.